The minimum absolute atomic E-state index is 0.251. The Bertz CT molecular complexity index is 373. The van der Waals surface area contributed by atoms with Crippen molar-refractivity contribution in [2.75, 3.05) is 0 Å². The smallest absolute Gasteiger partial charge is 0.286 e. The maximum atomic E-state index is 10.9. The summed E-state index contributed by atoms with van der Waals surface area (Å²) < 4.78 is 0.251. The molecule has 0 aliphatic rings. The SMILES string of the molecule is CC(C)(C)c1ccc(=O)n(O)c1O. The molecule has 1 heterocycles. The fourth-order valence-corrected chi connectivity index (χ4v) is 1.10. The van der Waals surface area contributed by atoms with Gasteiger partial charge in [0.15, 0.2) is 0 Å². The standard InChI is InChI=1S/C9H13NO3/c1-9(2,3)6-4-5-7(11)10(13)8(6)12/h4-5,12-13H,1-3H3. The maximum Gasteiger partial charge on any atom is 0.286 e. The molecule has 1 aromatic heterocycles. The Morgan fingerprint density at radius 1 is 1.31 bits per heavy atom. The third-order valence-electron chi connectivity index (χ3n) is 1.85. The van der Waals surface area contributed by atoms with Crippen LogP contribution in [0.25, 0.3) is 0 Å². The number of hydrogen-bond donors (Lipinski definition) is 2. The van der Waals surface area contributed by atoms with Gasteiger partial charge >= 0.3 is 0 Å². The minimum atomic E-state index is -0.634. The summed E-state index contributed by atoms with van der Waals surface area (Å²) in [5.41, 5.74) is -0.400. The molecule has 0 radical (unpaired) electrons. The molecule has 0 aromatic carbocycles. The zero-order valence-electron chi connectivity index (χ0n) is 7.90. The van der Waals surface area contributed by atoms with E-state index >= 15 is 0 Å². The Balaban J connectivity index is 3.44. The second kappa shape index (κ2) is 2.80. The zero-order valence-corrected chi connectivity index (χ0v) is 7.90. The van der Waals surface area contributed by atoms with Gasteiger partial charge in [-0.3, -0.25) is 4.79 Å². The maximum absolute atomic E-state index is 10.9. The van der Waals surface area contributed by atoms with E-state index in [4.69, 9.17) is 5.21 Å². The molecular weight excluding hydrogens is 170 g/mol. The van der Waals surface area contributed by atoms with Gasteiger partial charge in [0.25, 0.3) is 5.56 Å². The molecule has 0 saturated carbocycles. The van der Waals surface area contributed by atoms with E-state index in [1.165, 1.54) is 12.1 Å². The van der Waals surface area contributed by atoms with Gasteiger partial charge in [0.05, 0.1) is 0 Å². The van der Waals surface area contributed by atoms with Crippen molar-refractivity contribution in [1.82, 2.24) is 4.73 Å². The van der Waals surface area contributed by atoms with Crippen LogP contribution in [0.3, 0.4) is 0 Å². The van der Waals surface area contributed by atoms with Gasteiger partial charge in [-0.1, -0.05) is 20.8 Å². The highest BCUT2D eigenvalue weighted by atomic mass is 16.5. The predicted octanol–water partition coefficient (Wildman–Crippen LogP) is 1.09. The van der Waals surface area contributed by atoms with Crippen molar-refractivity contribution < 1.29 is 10.3 Å². The van der Waals surface area contributed by atoms with Crippen LogP contribution < -0.4 is 5.56 Å². The molecule has 4 nitrogen and oxygen atoms in total. The fourth-order valence-electron chi connectivity index (χ4n) is 1.10. The Labute approximate surface area is 76.0 Å². The normalized spacial score (nSPS) is 11.6. The summed E-state index contributed by atoms with van der Waals surface area (Å²) >= 11 is 0. The van der Waals surface area contributed by atoms with E-state index < -0.39 is 5.56 Å². The lowest BCUT2D eigenvalue weighted by atomic mass is 9.88. The number of pyridine rings is 1. The topological polar surface area (TPSA) is 62.5 Å². The van der Waals surface area contributed by atoms with Gasteiger partial charge in [-0.25, -0.2) is 0 Å². The Morgan fingerprint density at radius 2 is 1.85 bits per heavy atom. The van der Waals surface area contributed by atoms with Gasteiger partial charge in [0, 0.05) is 11.6 Å². The van der Waals surface area contributed by atoms with E-state index in [1.807, 2.05) is 20.8 Å². The number of rotatable bonds is 0. The molecule has 4 heteroatoms. The molecule has 13 heavy (non-hydrogen) atoms. The van der Waals surface area contributed by atoms with Crippen LogP contribution >= 0.6 is 0 Å². The van der Waals surface area contributed by atoms with Crippen molar-refractivity contribution in [2.45, 2.75) is 26.2 Å². The predicted molar refractivity (Wildman–Crippen MR) is 48.3 cm³/mol. The second-order valence-corrected chi connectivity index (χ2v) is 3.97. The highest BCUT2D eigenvalue weighted by molar-refractivity contribution is 5.31. The molecule has 0 amide bonds. The lowest BCUT2D eigenvalue weighted by Crippen LogP contribution is -2.21. The first-order chi connectivity index (χ1) is 5.84. The molecule has 0 bridgehead atoms. The van der Waals surface area contributed by atoms with E-state index in [0.717, 1.165) is 0 Å². The first-order valence-electron chi connectivity index (χ1n) is 3.99. The number of nitrogens with zero attached hydrogens (tertiary/aromatic N) is 1. The quantitative estimate of drug-likeness (QED) is 0.592. The van der Waals surface area contributed by atoms with Gasteiger partial charge < -0.3 is 10.3 Å². The van der Waals surface area contributed by atoms with Gasteiger partial charge in [0.1, 0.15) is 0 Å². The summed E-state index contributed by atoms with van der Waals surface area (Å²) in [5.74, 6) is -0.389. The summed E-state index contributed by atoms with van der Waals surface area (Å²) in [6.07, 6.45) is 0. The molecule has 0 unspecified atom stereocenters. The van der Waals surface area contributed by atoms with Crippen LogP contribution in [0.4, 0.5) is 0 Å². The zero-order chi connectivity index (χ0) is 10.2. The molecule has 0 saturated heterocycles. The molecule has 0 fully saturated rings. The third kappa shape index (κ3) is 1.66. The molecule has 72 valence electrons. The fraction of sp³-hybridized carbons (Fsp3) is 0.444. The summed E-state index contributed by atoms with van der Waals surface area (Å²) in [6, 6.07) is 2.74. The highest BCUT2D eigenvalue weighted by Gasteiger charge is 2.20. The minimum Gasteiger partial charge on any atom is -0.492 e. The van der Waals surface area contributed by atoms with Crippen LogP contribution in [0.5, 0.6) is 5.88 Å². The van der Waals surface area contributed by atoms with Gasteiger partial charge in [-0.2, -0.15) is 0 Å². The van der Waals surface area contributed by atoms with Crippen LogP contribution in [0.15, 0.2) is 16.9 Å². The van der Waals surface area contributed by atoms with E-state index in [0.29, 0.717) is 5.56 Å². The van der Waals surface area contributed by atoms with Gasteiger partial charge in [0.2, 0.25) is 5.88 Å². The van der Waals surface area contributed by atoms with Crippen molar-refractivity contribution >= 4 is 0 Å². The number of aromatic hydroxyl groups is 1. The third-order valence-corrected chi connectivity index (χ3v) is 1.85. The summed E-state index contributed by atoms with van der Waals surface area (Å²) in [5, 5.41) is 18.5. The largest absolute Gasteiger partial charge is 0.492 e. The molecule has 0 spiro atoms. The van der Waals surface area contributed by atoms with Crippen LogP contribution in [-0.4, -0.2) is 15.0 Å². The van der Waals surface area contributed by atoms with Crippen molar-refractivity contribution in [3.8, 4) is 5.88 Å². The lowest BCUT2D eigenvalue weighted by molar-refractivity contribution is 0.140. The molecule has 0 atom stereocenters. The molecule has 1 rings (SSSR count). The van der Waals surface area contributed by atoms with Crippen molar-refractivity contribution in [3.05, 3.63) is 28.0 Å². The first-order valence-corrected chi connectivity index (χ1v) is 3.99. The van der Waals surface area contributed by atoms with Crippen LogP contribution in [0.1, 0.15) is 26.3 Å². The number of aromatic nitrogens is 1. The molecule has 0 aliphatic heterocycles. The van der Waals surface area contributed by atoms with E-state index in [-0.39, 0.29) is 16.0 Å². The van der Waals surface area contributed by atoms with Crippen molar-refractivity contribution in [1.29, 1.82) is 0 Å². The molecule has 2 N–H and O–H groups in total. The van der Waals surface area contributed by atoms with Crippen LogP contribution in [-0.2, 0) is 5.41 Å². The van der Waals surface area contributed by atoms with E-state index in [9.17, 15) is 9.90 Å². The summed E-state index contributed by atoms with van der Waals surface area (Å²) in [7, 11) is 0. The monoisotopic (exact) mass is 183 g/mol. The van der Waals surface area contributed by atoms with E-state index in [2.05, 4.69) is 0 Å². The Hall–Kier alpha value is -1.45. The second-order valence-electron chi connectivity index (χ2n) is 3.97. The molecule has 0 aliphatic carbocycles. The van der Waals surface area contributed by atoms with E-state index in [1.54, 1.807) is 0 Å². The Morgan fingerprint density at radius 3 is 2.31 bits per heavy atom. The van der Waals surface area contributed by atoms with Gasteiger partial charge in [-0.15, -0.1) is 4.73 Å². The number of hydrogen-bond acceptors (Lipinski definition) is 3. The first kappa shape index (κ1) is 9.64. The lowest BCUT2D eigenvalue weighted by Gasteiger charge is -2.20. The van der Waals surface area contributed by atoms with Gasteiger partial charge in [-0.05, 0) is 11.5 Å². The average molecular weight is 183 g/mol. The highest BCUT2D eigenvalue weighted by Crippen LogP contribution is 2.28. The Kier molecular flexibility index (Phi) is 2.07. The average Bonchev–Trinajstić information content (AvgIpc) is 1.98. The van der Waals surface area contributed by atoms with Crippen molar-refractivity contribution in [2.24, 2.45) is 0 Å². The van der Waals surface area contributed by atoms with Crippen LogP contribution in [0, 0.1) is 0 Å². The van der Waals surface area contributed by atoms with Crippen LogP contribution in [0.2, 0.25) is 0 Å². The summed E-state index contributed by atoms with van der Waals surface area (Å²) in [6.45, 7) is 5.64. The molecule has 1 aromatic rings. The van der Waals surface area contributed by atoms with Crippen molar-refractivity contribution in [3.63, 3.8) is 0 Å². The summed E-state index contributed by atoms with van der Waals surface area (Å²) in [4.78, 5) is 10.9. The molecular formula is C9H13NO3.